The fourth-order valence-corrected chi connectivity index (χ4v) is 6.25. The van der Waals surface area contributed by atoms with E-state index >= 15 is 0 Å². The van der Waals surface area contributed by atoms with Crippen molar-refractivity contribution in [3.05, 3.63) is 168 Å². The predicted octanol–water partition coefficient (Wildman–Crippen LogP) is 11.5. The average molecular weight is 601 g/mol. The number of nitrogens with zero attached hydrogens (tertiary/aromatic N) is 2. The summed E-state index contributed by atoms with van der Waals surface area (Å²) in [6.07, 6.45) is 0. The normalized spacial score (nSPS) is 12.8. The molecule has 0 saturated heterocycles. The van der Waals surface area contributed by atoms with Crippen molar-refractivity contribution in [2.45, 2.75) is 19.3 Å². The second-order valence-corrected chi connectivity index (χ2v) is 11.7. The summed E-state index contributed by atoms with van der Waals surface area (Å²) in [5.41, 5.74) is 8.68. The summed E-state index contributed by atoms with van der Waals surface area (Å²) in [6.45, 7) is 4.34. The second-order valence-electron chi connectivity index (χ2n) is 11.7. The highest BCUT2D eigenvalue weighted by molar-refractivity contribution is 5.88. The smallest absolute Gasteiger partial charge is 0.123 e. The fraction of sp³-hybridized carbons (Fsp3) is 0.0769. The Kier molecular flexibility index (Phi) is 6.93. The molecular weight excluding hydrogens is 572 g/mol. The molecule has 6 aromatic rings. The molecule has 0 heterocycles. The largest absolute Gasteiger partial charge is 0.310 e. The molecule has 0 bridgehead atoms. The molecule has 1 aliphatic carbocycles. The molecular formula is C39H28F4N2. The van der Waals surface area contributed by atoms with E-state index in [-0.39, 0.29) is 23.3 Å². The molecule has 6 aromatic carbocycles. The Morgan fingerprint density at radius 2 is 0.600 bits per heavy atom. The number of hydrogen-bond acceptors (Lipinski definition) is 2. The van der Waals surface area contributed by atoms with Crippen molar-refractivity contribution in [1.82, 2.24) is 0 Å². The van der Waals surface area contributed by atoms with Crippen LogP contribution in [0.15, 0.2) is 133 Å². The summed E-state index contributed by atoms with van der Waals surface area (Å²) in [5.74, 6) is -1.35. The lowest BCUT2D eigenvalue weighted by molar-refractivity contribution is 0.627. The summed E-state index contributed by atoms with van der Waals surface area (Å²) in [6, 6.07) is 37.4. The number of hydrogen-bond donors (Lipinski definition) is 0. The molecule has 0 amide bonds. The van der Waals surface area contributed by atoms with Gasteiger partial charge in [0.25, 0.3) is 0 Å². The van der Waals surface area contributed by atoms with Gasteiger partial charge in [0.2, 0.25) is 0 Å². The molecule has 6 heteroatoms. The highest BCUT2D eigenvalue weighted by Crippen LogP contribution is 2.52. The summed E-state index contributed by atoms with van der Waals surface area (Å²) < 4.78 is 55.5. The van der Waals surface area contributed by atoms with Gasteiger partial charge in [-0.1, -0.05) is 26.0 Å². The van der Waals surface area contributed by atoms with E-state index in [1.54, 1.807) is 48.5 Å². The van der Waals surface area contributed by atoms with Crippen LogP contribution in [0, 0.1) is 23.3 Å². The Bertz CT molecular complexity index is 1760. The highest BCUT2D eigenvalue weighted by Gasteiger charge is 2.37. The minimum atomic E-state index is -0.411. The molecule has 0 saturated carbocycles. The molecule has 0 aromatic heterocycles. The number of halogens is 4. The Labute approximate surface area is 259 Å². The van der Waals surface area contributed by atoms with Crippen molar-refractivity contribution in [2.24, 2.45) is 0 Å². The quantitative estimate of drug-likeness (QED) is 0.176. The van der Waals surface area contributed by atoms with Crippen LogP contribution >= 0.6 is 0 Å². The summed E-state index contributed by atoms with van der Waals surface area (Å²) >= 11 is 0. The van der Waals surface area contributed by atoms with E-state index in [0.29, 0.717) is 0 Å². The molecule has 1 aliphatic rings. The zero-order valence-electron chi connectivity index (χ0n) is 24.6. The van der Waals surface area contributed by atoms with Gasteiger partial charge in [0.05, 0.1) is 0 Å². The van der Waals surface area contributed by atoms with E-state index < -0.39 is 5.41 Å². The van der Waals surface area contributed by atoms with Crippen LogP contribution in [0.3, 0.4) is 0 Å². The van der Waals surface area contributed by atoms with Crippen LogP contribution in [0.25, 0.3) is 11.1 Å². The lowest BCUT2D eigenvalue weighted by Crippen LogP contribution is -2.17. The molecule has 222 valence electrons. The molecule has 0 N–H and O–H groups in total. The van der Waals surface area contributed by atoms with E-state index in [1.807, 2.05) is 21.9 Å². The molecule has 0 spiro atoms. The first-order chi connectivity index (χ1) is 21.7. The molecule has 0 aliphatic heterocycles. The third-order valence-electron chi connectivity index (χ3n) is 8.50. The molecule has 0 atom stereocenters. The third kappa shape index (κ3) is 5.12. The first-order valence-corrected chi connectivity index (χ1v) is 14.6. The van der Waals surface area contributed by atoms with Gasteiger partial charge in [-0.2, -0.15) is 0 Å². The molecule has 2 nitrogen and oxygen atoms in total. The topological polar surface area (TPSA) is 6.48 Å². The summed E-state index contributed by atoms with van der Waals surface area (Å²) in [7, 11) is 0. The van der Waals surface area contributed by atoms with Gasteiger partial charge in [0, 0.05) is 39.5 Å². The third-order valence-corrected chi connectivity index (χ3v) is 8.50. The van der Waals surface area contributed by atoms with Crippen molar-refractivity contribution in [2.75, 3.05) is 9.80 Å². The van der Waals surface area contributed by atoms with Crippen LogP contribution in [0.1, 0.15) is 25.0 Å². The van der Waals surface area contributed by atoms with Gasteiger partial charge >= 0.3 is 0 Å². The Balaban J connectivity index is 1.33. The zero-order chi connectivity index (χ0) is 31.3. The van der Waals surface area contributed by atoms with Crippen molar-refractivity contribution >= 4 is 34.1 Å². The monoisotopic (exact) mass is 600 g/mol. The molecule has 0 radical (unpaired) electrons. The van der Waals surface area contributed by atoms with Crippen LogP contribution in [-0.2, 0) is 5.41 Å². The van der Waals surface area contributed by atoms with Crippen molar-refractivity contribution in [1.29, 1.82) is 0 Å². The maximum absolute atomic E-state index is 13.9. The van der Waals surface area contributed by atoms with Crippen molar-refractivity contribution < 1.29 is 17.6 Å². The first-order valence-electron chi connectivity index (χ1n) is 14.6. The van der Waals surface area contributed by atoms with Crippen LogP contribution in [0.5, 0.6) is 0 Å². The molecule has 45 heavy (non-hydrogen) atoms. The Hall–Kier alpha value is -5.36. The van der Waals surface area contributed by atoms with Crippen LogP contribution in [0.2, 0.25) is 0 Å². The van der Waals surface area contributed by atoms with Crippen LogP contribution < -0.4 is 9.80 Å². The standard InChI is InChI=1S/C39H28F4N2/c1-39(2)37-23-33(44(29-11-3-25(40)4-12-29)30-13-5-26(41)6-14-30)19-21-35(37)36-22-20-34(24-38(36)39)45(31-15-7-27(42)8-16-31)32-17-9-28(43)10-18-32/h3-24H,1-2H3. The van der Waals surface area contributed by atoms with Crippen molar-refractivity contribution in [3.63, 3.8) is 0 Å². The second kappa shape index (κ2) is 11.0. The van der Waals surface area contributed by atoms with E-state index in [0.717, 1.165) is 56.4 Å². The maximum Gasteiger partial charge on any atom is 0.123 e. The Morgan fingerprint density at radius 1 is 0.356 bits per heavy atom. The van der Waals surface area contributed by atoms with Gasteiger partial charge < -0.3 is 9.80 Å². The van der Waals surface area contributed by atoms with Crippen molar-refractivity contribution in [3.8, 4) is 11.1 Å². The molecule has 7 rings (SSSR count). The fourth-order valence-electron chi connectivity index (χ4n) is 6.25. The first kappa shape index (κ1) is 28.4. The lowest BCUT2D eigenvalue weighted by atomic mass is 9.82. The zero-order valence-corrected chi connectivity index (χ0v) is 24.6. The van der Waals surface area contributed by atoms with Gasteiger partial charge in [0.15, 0.2) is 0 Å². The van der Waals surface area contributed by atoms with Crippen LogP contribution in [0.4, 0.5) is 51.7 Å². The van der Waals surface area contributed by atoms with Gasteiger partial charge in [0.1, 0.15) is 23.3 Å². The Morgan fingerprint density at radius 3 is 0.867 bits per heavy atom. The van der Waals surface area contributed by atoms with Gasteiger partial charge in [-0.25, -0.2) is 17.6 Å². The highest BCUT2D eigenvalue weighted by atomic mass is 19.1. The molecule has 0 fully saturated rings. The molecule has 0 unspecified atom stereocenters. The van der Waals surface area contributed by atoms with E-state index in [2.05, 4.69) is 38.1 Å². The minimum Gasteiger partial charge on any atom is -0.310 e. The number of rotatable bonds is 6. The van der Waals surface area contributed by atoms with Crippen LogP contribution in [-0.4, -0.2) is 0 Å². The number of benzene rings is 6. The van der Waals surface area contributed by atoms with Gasteiger partial charge in [-0.05, 0) is 144 Å². The van der Waals surface area contributed by atoms with Gasteiger partial charge in [-0.3, -0.25) is 0 Å². The number of anilines is 6. The average Bonchev–Trinajstić information content (AvgIpc) is 3.26. The van der Waals surface area contributed by atoms with E-state index in [4.69, 9.17) is 0 Å². The summed E-state index contributed by atoms with van der Waals surface area (Å²) in [4.78, 5) is 3.96. The lowest BCUT2D eigenvalue weighted by Gasteiger charge is -2.29. The van der Waals surface area contributed by atoms with E-state index in [9.17, 15) is 17.6 Å². The number of fused-ring (bicyclic) bond motifs is 3. The minimum absolute atomic E-state index is 0.338. The SMILES string of the molecule is CC1(C)c2cc(N(c3ccc(F)cc3)c3ccc(F)cc3)ccc2-c2ccc(N(c3ccc(F)cc3)c3ccc(F)cc3)cc21. The predicted molar refractivity (Wildman–Crippen MR) is 173 cm³/mol. The van der Waals surface area contributed by atoms with Gasteiger partial charge in [-0.15, -0.1) is 0 Å². The summed E-state index contributed by atoms with van der Waals surface area (Å²) in [5, 5.41) is 0. The maximum atomic E-state index is 13.9. The van der Waals surface area contributed by atoms with E-state index in [1.165, 1.54) is 48.5 Å².